The van der Waals surface area contributed by atoms with Gasteiger partial charge < -0.3 is 5.32 Å². The van der Waals surface area contributed by atoms with Gasteiger partial charge in [-0.1, -0.05) is 23.3 Å². The van der Waals surface area contributed by atoms with E-state index in [2.05, 4.69) is 18.3 Å². The van der Waals surface area contributed by atoms with E-state index in [1.54, 1.807) is 0 Å². The Hall–Kier alpha value is -0.530. The van der Waals surface area contributed by atoms with E-state index in [4.69, 9.17) is 11.6 Å². The van der Waals surface area contributed by atoms with Gasteiger partial charge in [-0.15, -0.1) is 0 Å². The molecule has 0 spiro atoms. The Labute approximate surface area is 84.2 Å². The highest BCUT2D eigenvalue weighted by Crippen LogP contribution is 2.31. The third-order valence-electron chi connectivity index (χ3n) is 2.68. The first-order valence-electron chi connectivity index (χ1n) is 4.72. The van der Waals surface area contributed by atoms with Crippen molar-refractivity contribution in [3.8, 4) is 0 Å². The fourth-order valence-corrected chi connectivity index (χ4v) is 2.09. The second-order valence-corrected chi connectivity index (χ2v) is 4.15. The zero-order valence-electron chi connectivity index (χ0n) is 7.86. The first-order valence-corrected chi connectivity index (χ1v) is 5.10. The second-order valence-electron chi connectivity index (χ2n) is 3.67. The van der Waals surface area contributed by atoms with E-state index >= 15 is 0 Å². The van der Waals surface area contributed by atoms with Crippen molar-refractivity contribution >= 4 is 11.6 Å². The fourth-order valence-electron chi connectivity index (χ4n) is 1.90. The number of fused-ring (bicyclic) bond motifs is 1. The maximum Gasteiger partial charge on any atom is 0.0225 e. The predicted octanol–water partition coefficient (Wildman–Crippen LogP) is 2.75. The molecule has 0 bridgehead atoms. The van der Waals surface area contributed by atoms with Crippen molar-refractivity contribution < 1.29 is 0 Å². The van der Waals surface area contributed by atoms with E-state index in [1.165, 1.54) is 16.7 Å². The molecular weight excluding hydrogens is 182 g/mol. The van der Waals surface area contributed by atoms with E-state index in [-0.39, 0.29) is 0 Å². The lowest BCUT2D eigenvalue weighted by Gasteiger charge is -2.15. The molecule has 0 aromatic carbocycles. The van der Waals surface area contributed by atoms with Crippen molar-refractivity contribution in [2.45, 2.75) is 19.8 Å². The molecule has 0 saturated heterocycles. The van der Waals surface area contributed by atoms with E-state index in [0.717, 1.165) is 31.0 Å². The maximum absolute atomic E-state index is 6.02. The second kappa shape index (κ2) is 3.69. The summed E-state index contributed by atoms with van der Waals surface area (Å²) in [6.07, 6.45) is 6.25. The number of nitrogens with one attached hydrogen (secondary N) is 1. The van der Waals surface area contributed by atoms with Crippen LogP contribution in [-0.2, 0) is 0 Å². The van der Waals surface area contributed by atoms with Gasteiger partial charge in [0.25, 0.3) is 0 Å². The summed E-state index contributed by atoms with van der Waals surface area (Å²) in [5.41, 5.74) is 4.36. The molecule has 0 atom stereocenters. The largest absolute Gasteiger partial charge is 0.313 e. The normalized spacial score (nSPS) is 23.2. The quantitative estimate of drug-likeness (QED) is 0.627. The number of rotatable bonds is 0. The highest BCUT2D eigenvalue weighted by molar-refractivity contribution is 6.30. The van der Waals surface area contributed by atoms with Crippen LogP contribution in [0.15, 0.2) is 33.9 Å². The topological polar surface area (TPSA) is 12.0 Å². The minimum absolute atomic E-state index is 0.931. The summed E-state index contributed by atoms with van der Waals surface area (Å²) < 4.78 is 0. The molecule has 0 aromatic heterocycles. The monoisotopic (exact) mass is 195 g/mol. The summed E-state index contributed by atoms with van der Waals surface area (Å²) in [6, 6.07) is 0. The lowest BCUT2D eigenvalue weighted by atomic mass is 9.93. The molecule has 1 aliphatic heterocycles. The molecule has 0 saturated carbocycles. The zero-order chi connectivity index (χ0) is 9.26. The summed E-state index contributed by atoms with van der Waals surface area (Å²) >= 11 is 6.02. The Kier molecular flexibility index (Phi) is 2.56. The van der Waals surface area contributed by atoms with Crippen LogP contribution < -0.4 is 5.32 Å². The molecule has 0 fully saturated rings. The first kappa shape index (κ1) is 9.04. The number of hydrogen-bond acceptors (Lipinski definition) is 1. The highest BCUT2D eigenvalue weighted by Gasteiger charge is 2.15. The summed E-state index contributed by atoms with van der Waals surface area (Å²) in [4.78, 5) is 0. The Morgan fingerprint density at radius 2 is 2.23 bits per heavy atom. The minimum Gasteiger partial charge on any atom is -0.313 e. The van der Waals surface area contributed by atoms with Crippen molar-refractivity contribution in [3.05, 3.63) is 33.9 Å². The number of allylic oxidation sites excluding steroid dienone is 4. The molecule has 0 aromatic rings. The van der Waals surface area contributed by atoms with Crippen LogP contribution in [0.4, 0.5) is 0 Å². The van der Waals surface area contributed by atoms with Gasteiger partial charge in [-0.25, -0.2) is 0 Å². The van der Waals surface area contributed by atoms with E-state index in [9.17, 15) is 0 Å². The summed E-state index contributed by atoms with van der Waals surface area (Å²) in [5.74, 6) is 0. The molecular formula is C11H14ClN. The Balaban J connectivity index is 2.37. The predicted molar refractivity (Wildman–Crippen MR) is 56.8 cm³/mol. The standard InChI is InChI=1S/C11H14ClN/c1-8-7-13-5-4-9-2-3-10(12)6-11(8)9/h2-3,13H,4-7H2,1H3. The average Bonchev–Trinajstić information content (AvgIpc) is 2.29. The molecule has 2 rings (SSSR count). The van der Waals surface area contributed by atoms with Crippen LogP contribution in [0.25, 0.3) is 0 Å². The van der Waals surface area contributed by atoms with Crippen LogP contribution in [0.5, 0.6) is 0 Å². The van der Waals surface area contributed by atoms with E-state index in [1.807, 2.05) is 6.08 Å². The first-order chi connectivity index (χ1) is 6.27. The molecule has 0 unspecified atom stereocenters. The van der Waals surface area contributed by atoms with Crippen molar-refractivity contribution in [2.75, 3.05) is 13.1 Å². The molecule has 0 amide bonds. The lowest BCUT2D eigenvalue weighted by Crippen LogP contribution is -2.15. The van der Waals surface area contributed by atoms with Gasteiger partial charge in [0.15, 0.2) is 0 Å². The Morgan fingerprint density at radius 1 is 1.38 bits per heavy atom. The molecule has 2 heteroatoms. The average molecular weight is 196 g/mol. The third kappa shape index (κ3) is 1.87. The van der Waals surface area contributed by atoms with Gasteiger partial charge in [0.1, 0.15) is 0 Å². The smallest absolute Gasteiger partial charge is 0.0225 e. The van der Waals surface area contributed by atoms with Crippen molar-refractivity contribution in [1.29, 1.82) is 0 Å². The van der Waals surface area contributed by atoms with Crippen LogP contribution in [0, 0.1) is 0 Å². The molecule has 1 aliphatic carbocycles. The third-order valence-corrected chi connectivity index (χ3v) is 2.93. The van der Waals surface area contributed by atoms with Crippen molar-refractivity contribution in [3.63, 3.8) is 0 Å². The van der Waals surface area contributed by atoms with Gasteiger partial charge >= 0.3 is 0 Å². The van der Waals surface area contributed by atoms with Crippen LogP contribution >= 0.6 is 11.6 Å². The number of halogens is 1. The number of hydrogen-bond donors (Lipinski definition) is 1. The van der Waals surface area contributed by atoms with Gasteiger partial charge in [0.05, 0.1) is 0 Å². The Morgan fingerprint density at radius 3 is 3.08 bits per heavy atom. The molecule has 1 nitrogen and oxygen atoms in total. The fraction of sp³-hybridized carbons (Fsp3) is 0.455. The van der Waals surface area contributed by atoms with Gasteiger partial charge in [-0.2, -0.15) is 0 Å². The van der Waals surface area contributed by atoms with Gasteiger partial charge in [-0.3, -0.25) is 0 Å². The SMILES string of the molecule is CC1=C2CC(Cl)=CC=C2CCNC1. The molecule has 2 aliphatic rings. The van der Waals surface area contributed by atoms with Crippen LogP contribution in [0.1, 0.15) is 19.8 Å². The van der Waals surface area contributed by atoms with Crippen LogP contribution in [0.3, 0.4) is 0 Å². The molecule has 0 radical (unpaired) electrons. The highest BCUT2D eigenvalue weighted by atomic mass is 35.5. The molecule has 70 valence electrons. The molecule has 1 heterocycles. The molecule has 1 N–H and O–H groups in total. The minimum atomic E-state index is 0.931. The molecule has 13 heavy (non-hydrogen) atoms. The summed E-state index contributed by atoms with van der Waals surface area (Å²) in [7, 11) is 0. The summed E-state index contributed by atoms with van der Waals surface area (Å²) in [5, 5.41) is 4.36. The maximum atomic E-state index is 6.02. The lowest BCUT2D eigenvalue weighted by molar-refractivity contribution is 0.746. The van der Waals surface area contributed by atoms with Gasteiger partial charge in [0.2, 0.25) is 0 Å². The van der Waals surface area contributed by atoms with E-state index < -0.39 is 0 Å². The van der Waals surface area contributed by atoms with Crippen LogP contribution in [0.2, 0.25) is 0 Å². The van der Waals surface area contributed by atoms with Crippen LogP contribution in [-0.4, -0.2) is 13.1 Å². The zero-order valence-corrected chi connectivity index (χ0v) is 8.62. The van der Waals surface area contributed by atoms with Gasteiger partial charge in [0, 0.05) is 18.0 Å². The van der Waals surface area contributed by atoms with Gasteiger partial charge in [-0.05, 0) is 37.1 Å². The summed E-state index contributed by atoms with van der Waals surface area (Å²) in [6.45, 7) is 4.28. The van der Waals surface area contributed by atoms with E-state index in [0.29, 0.717) is 0 Å². The Bertz CT molecular complexity index is 310. The van der Waals surface area contributed by atoms with Crippen molar-refractivity contribution in [2.24, 2.45) is 0 Å². The van der Waals surface area contributed by atoms with Crippen molar-refractivity contribution in [1.82, 2.24) is 5.32 Å².